The third-order valence-electron chi connectivity index (χ3n) is 4.91. The van der Waals surface area contributed by atoms with Gasteiger partial charge in [-0.1, -0.05) is 48.0 Å². The van der Waals surface area contributed by atoms with Crippen molar-refractivity contribution >= 4 is 29.1 Å². The van der Waals surface area contributed by atoms with Crippen LogP contribution in [-0.4, -0.2) is 30.3 Å². The molecule has 2 unspecified atom stereocenters. The maximum absolute atomic E-state index is 12.6. The third kappa shape index (κ3) is 3.91. The van der Waals surface area contributed by atoms with E-state index in [1.54, 1.807) is 7.05 Å². The molecule has 5 heteroatoms. The number of anilines is 1. The van der Waals surface area contributed by atoms with E-state index < -0.39 is 0 Å². The van der Waals surface area contributed by atoms with Crippen molar-refractivity contribution in [2.24, 2.45) is 5.92 Å². The number of para-hydroxylation sites is 1. The van der Waals surface area contributed by atoms with Crippen LogP contribution in [0.4, 0.5) is 5.69 Å². The van der Waals surface area contributed by atoms with Gasteiger partial charge < -0.3 is 10.2 Å². The fourth-order valence-corrected chi connectivity index (χ4v) is 3.63. The molecule has 0 aliphatic heterocycles. The van der Waals surface area contributed by atoms with E-state index in [1.165, 1.54) is 4.90 Å². The van der Waals surface area contributed by atoms with E-state index in [1.807, 2.05) is 56.3 Å². The van der Waals surface area contributed by atoms with Gasteiger partial charge in [0.1, 0.15) is 0 Å². The van der Waals surface area contributed by atoms with Crippen molar-refractivity contribution < 1.29 is 9.59 Å². The molecular weight excluding hydrogens is 348 g/mol. The van der Waals surface area contributed by atoms with Gasteiger partial charge in [0, 0.05) is 23.7 Å². The summed E-state index contributed by atoms with van der Waals surface area (Å²) in [6.07, 6.45) is 0.783. The summed E-state index contributed by atoms with van der Waals surface area (Å²) in [6.45, 7) is 3.95. The van der Waals surface area contributed by atoms with Gasteiger partial charge in [0.05, 0.1) is 6.54 Å². The van der Waals surface area contributed by atoms with Crippen molar-refractivity contribution in [2.45, 2.75) is 26.2 Å². The van der Waals surface area contributed by atoms with Crippen LogP contribution in [-0.2, 0) is 9.59 Å². The number of halogens is 1. The van der Waals surface area contributed by atoms with Gasteiger partial charge in [-0.25, -0.2) is 0 Å². The summed E-state index contributed by atoms with van der Waals surface area (Å²) in [6, 6.07) is 13.5. The number of benzene rings is 2. The fraction of sp³-hybridized carbons (Fsp3) is 0.333. The molecule has 0 saturated heterocycles. The summed E-state index contributed by atoms with van der Waals surface area (Å²) >= 11 is 6.22. The van der Waals surface area contributed by atoms with Crippen molar-refractivity contribution in [2.75, 3.05) is 18.9 Å². The summed E-state index contributed by atoms with van der Waals surface area (Å²) in [5, 5.41) is 3.62. The lowest BCUT2D eigenvalue weighted by molar-refractivity contribution is -0.134. The number of aryl methyl sites for hydroxylation is 2. The Balaban J connectivity index is 1.58. The summed E-state index contributed by atoms with van der Waals surface area (Å²) in [7, 11) is 1.68. The van der Waals surface area contributed by atoms with Crippen LogP contribution in [0.1, 0.15) is 29.0 Å². The molecule has 0 heterocycles. The maximum Gasteiger partial charge on any atom is 0.243 e. The molecule has 2 aromatic carbocycles. The smallest absolute Gasteiger partial charge is 0.243 e. The zero-order valence-corrected chi connectivity index (χ0v) is 16.0. The van der Waals surface area contributed by atoms with Gasteiger partial charge >= 0.3 is 0 Å². The van der Waals surface area contributed by atoms with Crippen molar-refractivity contribution in [3.05, 3.63) is 64.2 Å². The molecule has 1 fully saturated rings. The van der Waals surface area contributed by atoms with Gasteiger partial charge in [-0.2, -0.15) is 0 Å². The summed E-state index contributed by atoms with van der Waals surface area (Å²) < 4.78 is 0. The van der Waals surface area contributed by atoms with Crippen molar-refractivity contribution in [3.63, 3.8) is 0 Å². The minimum atomic E-state index is -0.187. The lowest BCUT2D eigenvalue weighted by atomic mass is 10.1. The lowest BCUT2D eigenvalue weighted by Crippen LogP contribution is -2.36. The molecule has 26 heavy (non-hydrogen) atoms. The second-order valence-electron chi connectivity index (χ2n) is 6.98. The Morgan fingerprint density at radius 2 is 1.77 bits per heavy atom. The number of likely N-dealkylation sites (N-methyl/N-ethyl adjacent to an activating group) is 1. The molecule has 0 radical (unpaired) electrons. The number of carbonyl (C=O) groups excluding carboxylic acids is 2. The molecule has 0 bridgehead atoms. The SMILES string of the molecule is Cc1cccc(C)c1NC(=O)CN(C)C(=O)C1CC1c1ccccc1Cl. The molecule has 2 atom stereocenters. The van der Waals surface area contributed by atoms with Crippen LogP contribution in [0.2, 0.25) is 5.02 Å². The highest BCUT2D eigenvalue weighted by molar-refractivity contribution is 6.31. The highest BCUT2D eigenvalue weighted by Crippen LogP contribution is 2.50. The van der Waals surface area contributed by atoms with Gasteiger partial charge in [-0.3, -0.25) is 9.59 Å². The molecule has 2 amide bonds. The van der Waals surface area contributed by atoms with Crippen LogP contribution in [0.25, 0.3) is 0 Å². The molecule has 136 valence electrons. The van der Waals surface area contributed by atoms with E-state index in [0.29, 0.717) is 5.02 Å². The number of hydrogen-bond acceptors (Lipinski definition) is 2. The Morgan fingerprint density at radius 1 is 1.12 bits per heavy atom. The standard InChI is InChI=1S/C21H23ClN2O2/c1-13-7-6-8-14(2)20(13)23-19(25)12-24(3)21(26)17-11-16(17)15-9-4-5-10-18(15)22/h4-10,16-17H,11-12H2,1-3H3,(H,23,25). The van der Waals surface area contributed by atoms with Crippen molar-refractivity contribution in [3.8, 4) is 0 Å². The average Bonchev–Trinajstić information content (AvgIpc) is 3.38. The number of carbonyl (C=O) groups is 2. The van der Waals surface area contributed by atoms with Gasteiger partial charge in [0.2, 0.25) is 11.8 Å². The highest BCUT2D eigenvalue weighted by Gasteiger charge is 2.46. The molecule has 1 N–H and O–H groups in total. The molecule has 0 spiro atoms. The normalized spacial score (nSPS) is 18.3. The molecule has 2 aromatic rings. The van der Waals surface area contributed by atoms with E-state index in [-0.39, 0.29) is 30.2 Å². The largest absolute Gasteiger partial charge is 0.336 e. The first-order chi connectivity index (χ1) is 12.4. The van der Waals surface area contributed by atoms with Crippen molar-refractivity contribution in [1.82, 2.24) is 4.90 Å². The van der Waals surface area contributed by atoms with Crippen LogP contribution in [0.5, 0.6) is 0 Å². The van der Waals surface area contributed by atoms with Crippen LogP contribution in [0.15, 0.2) is 42.5 Å². The minimum absolute atomic E-state index is 0.00780. The van der Waals surface area contributed by atoms with Crippen LogP contribution >= 0.6 is 11.6 Å². The second-order valence-corrected chi connectivity index (χ2v) is 7.39. The summed E-state index contributed by atoms with van der Waals surface area (Å²) in [5.41, 5.74) is 3.85. The zero-order valence-electron chi connectivity index (χ0n) is 15.3. The van der Waals surface area contributed by atoms with E-state index in [4.69, 9.17) is 11.6 Å². The Morgan fingerprint density at radius 3 is 2.42 bits per heavy atom. The number of nitrogens with one attached hydrogen (secondary N) is 1. The lowest BCUT2D eigenvalue weighted by Gasteiger charge is -2.18. The van der Waals surface area contributed by atoms with Gasteiger partial charge in [0.25, 0.3) is 0 Å². The Hall–Kier alpha value is -2.33. The van der Waals surface area contributed by atoms with Crippen LogP contribution in [0, 0.1) is 19.8 Å². The first-order valence-electron chi connectivity index (χ1n) is 8.74. The number of amides is 2. The third-order valence-corrected chi connectivity index (χ3v) is 5.26. The van der Waals surface area contributed by atoms with Gasteiger partial charge in [0.15, 0.2) is 0 Å². The quantitative estimate of drug-likeness (QED) is 0.859. The van der Waals surface area contributed by atoms with E-state index in [9.17, 15) is 9.59 Å². The Kier molecular flexibility index (Phi) is 5.33. The monoisotopic (exact) mass is 370 g/mol. The first kappa shape index (κ1) is 18.5. The molecule has 0 aromatic heterocycles. The topological polar surface area (TPSA) is 49.4 Å². The maximum atomic E-state index is 12.6. The molecule has 1 saturated carbocycles. The molecule has 3 rings (SSSR count). The minimum Gasteiger partial charge on any atom is -0.336 e. The number of hydrogen-bond donors (Lipinski definition) is 1. The molecule has 1 aliphatic rings. The Bertz CT molecular complexity index is 829. The molecule has 1 aliphatic carbocycles. The van der Waals surface area contributed by atoms with Gasteiger partial charge in [-0.15, -0.1) is 0 Å². The van der Waals surface area contributed by atoms with Crippen molar-refractivity contribution in [1.29, 1.82) is 0 Å². The number of nitrogens with zero attached hydrogens (tertiary/aromatic N) is 1. The predicted molar refractivity (Wildman–Crippen MR) is 104 cm³/mol. The Labute approximate surface area is 159 Å². The molecular formula is C21H23ClN2O2. The first-order valence-corrected chi connectivity index (χ1v) is 9.11. The fourth-order valence-electron chi connectivity index (χ4n) is 3.35. The average molecular weight is 371 g/mol. The predicted octanol–water partition coefficient (Wildman–Crippen LogP) is 4.16. The highest BCUT2D eigenvalue weighted by atomic mass is 35.5. The van der Waals surface area contributed by atoms with Crippen LogP contribution in [0.3, 0.4) is 0 Å². The molecule has 4 nitrogen and oxygen atoms in total. The van der Waals surface area contributed by atoms with E-state index >= 15 is 0 Å². The van der Waals surface area contributed by atoms with Gasteiger partial charge in [-0.05, 0) is 48.9 Å². The van der Waals surface area contributed by atoms with E-state index in [2.05, 4.69) is 5.32 Å². The zero-order chi connectivity index (χ0) is 18.8. The summed E-state index contributed by atoms with van der Waals surface area (Å²) in [4.78, 5) is 26.5. The van der Waals surface area contributed by atoms with E-state index in [0.717, 1.165) is 28.8 Å². The van der Waals surface area contributed by atoms with Crippen LogP contribution < -0.4 is 5.32 Å². The second kappa shape index (κ2) is 7.50. The summed E-state index contributed by atoms with van der Waals surface area (Å²) in [5.74, 6) is -0.131. The number of rotatable bonds is 5.